The van der Waals surface area contributed by atoms with Crippen LogP contribution in [0, 0.1) is 6.92 Å². The lowest BCUT2D eigenvalue weighted by Crippen LogP contribution is -2.40. The maximum Gasteiger partial charge on any atom is 0.255 e. The third kappa shape index (κ3) is 3.77. The van der Waals surface area contributed by atoms with Gasteiger partial charge in [-0.1, -0.05) is 34.7 Å². The predicted molar refractivity (Wildman–Crippen MR) is 120 cm³/mol. The number of benzene rings is 2. The van der Waals surface area contributed by atoms with Gasteiger partial charge < -0.3 is 14.2 Å². The standard InChI is InChI=1S/C21H22BCl2N3O2/c1-12-9-13(22)10-17-20(12)25-18(26(17)2)11-15-16(23)4-3-14(19(15)24)21(28)27-5-7-29-8-6-27/h3-4,9-10H,5-8,11,22H2,1-2H3. The number of fused-ring (bicyclic) bond motifs is 1. The third-order valence-corrected chi connectivity index (χ3v) is 6.25. The number of imidazole rings is 1. The number of ether oxygens (including phenoxy) is 1. The fourth-order valence-electron chi connectivity index (χ4n) is 3.86. The number of rotatable bonds is 3. The molecule has 0 N–H and O–H groups in total. The van der Waals surface area contributed by atoms with Crippen LogP contribution < -0.4 is 5.46 Å². The molecule has 0 bridgehead atoms. The second kappa shape index (κ2) is 8.02. The van der Waals surface area contributed by atoms with Crippen molar-refractivity contribution in [2.24, 2.45) is 7.05 Å². The van der Waals surface area contributed by atoms with E-state index in [-0.39, 0.29) is 5.91 Å². The van der Waals surface area contributed by atoms with Crippen LogP contribution in [0.1, 0.15) is 27.3 Å². The molecule has 0 radical (unpaired) electrons. The van der Waals surface area contributed by atoms with Gasteiger partial charge in [0.25, 0.3) is 5.91 Å². The summed E-state index contributed by atoms with van der Waals surface area (Å²) in [7, 11) is 4.07. The summed E-state index contributed by atoms with van der Waals surface area (Å²) in [4.78, 5) is 19.5. The smallest absolute Gasteiger partial charge is 0.255 e. The molecule has 1 fully saturated rings. The SMILES string of the molecule is Bc1cc(C)c2nc(Cc3c(Cl)ccc(C(=O)N4CCOCC4)c3Cl)n(C)c2c1. The Morgan fingerprint density at radius 1 is 1.24 bits per heavy atom. The molecule has 0 spiro atoms. The van der Waals surface area contributed by atoms with Crippen molar-refractivity contribution in [1.29, 1.82) is 0 Å². The van der Waals surface area contributed by atoms with Crippen molar-refractivity contribution < 1.29 is 9.53 Å². The average Bonchev–Trinajstić information content (AvgIpc) is 3.01. The van der Waals surface area contributed by atoms with Crippen molar-refractivity contribution in [1.82, 2.24) is 14.5 Å². The summed E-state index contributed by atoms with van der Waals surface area (Å²) in [5.74, 6) is 0.765. The van der Waals surface area contributed by atoms with Gasteiger partial charge in [-0.05, 0) is 36.2 Å². The molecule has 5 nitrogen and oxygen atoms in total. The molecule has 2 heterocycles. The van der Waals surface area contributed by atoms with Crippen LogP contribution in [0.15, 0.2) is 24.3 Å². The fourth-order valence-corrected chi connectivity index (χ4v) is 4.44. The lowest BCUT2D eigenvalue weighted by atomic mass is 9.94. The van der Waals surface area contributed by atoms with Crippen molar-refractivity contribution in [3.63, 3.8) is 0 Å². The van der Waals surface area contributed by atoms with E-state index >= 15 is 0 Å². The van der Waals surface area contributed by atoms with E-state index in [4.69, 9.17) is 32.9 Å². The topological polar surface area (TPSA) is 47.4 Å². The Hall–Kier alpha value is -2.02. The van der Waals surface area contributed by atoms with Crippen LogP contribution >= 0.6 is 23.2 Å². The van der Waals surface area contributed by atoms with Gasteiger partial charge in [0.2, 0.25) is 0 Å². The number of aromatic nitrogens is 2. The van der Waals surface area contributed by atoms with Crippen molar-refractivity contribution in [2.45, 2.75) is 13.3 Å². The maximum absolute atomic E-state index is 12.9. The number of aryl methyl sites for hydroxylation is 2. The highest BCUT2D eigenvalue weighted by Gasteiger charge is 2.24. The Morgan fingerprint density at radius 3 is 2.69 bits per heavy atom. The van der Waals surface area contributed by atoms with Gasteiger partial charge in [0.15, 0.2) is 0 Å². The molecule has 1 aromatic heterocycles. The van der Waals surface area contributed by atoms with Gasteiger partial charge in [0, 0.05) is 31.6 Å². The Kier molecular flexibility index (Phi) is 5.60. The molecule has 29 heavy (non-hydrogen) atoms. The van der Waals surface area contributed by atoms with E-state index in [0.717, 1.165) is 28.0 Å². The summed E-state index contributed by atoms with van der Waals surface area (Å²) >= 11 is 13.2. The quantitative estimate of drug-likeness (QED) is 0.601. The molecule has 8 heteroatoms. The predicted octanol–water partition coefficient (Wildman–Crippen LogP) is 2.51. The van der Waals surface area contributed by atoms with Gasteiger partial charge in [-0.2, -0.15) is 0 Å². The lowest BCUT2D eigenvalue weighted by Gasteiger charge is -2.27. The molecule has 1 saturated heterocycles. The number of nitrogens with zero attached hydrogens (tertiary/aromatic N) is 3. The van der Waals surface area contributed by atoms with Gasteiger partial charge >= 0.3 is 0 Å². The first-order valence-electron chi connectivity index (χ1n) is 9.63. The summed E-state index contributed by atoms with van der Waals surface area (Å²) in [6.07, 6.45) is 0.450. The van der Waals surface area contributed by atoms with E-state index in [1.54, 1.807) is 17.0 Å². The van der Waals surface area contributed by atoms with Crippen molar-refractivity contribution >= 4 is 53.5 Å². The zero-order valence-electron chi connectivity index (χ0n) is 16.8. The van der Waals surface area contributed by atoms with Crippen molar-refractivity contribution in [3.05, 3.63) is 56.8 Å². The molecule has 150 valence electrons. The van der Waals surface area contributed by atoms with Crippen LogP contribution in [0.5, 0.6) is 0 Å². The molecule has 0 atom stereocenters. The Balaban J connectivity index is 1.72. The highest BCUT2D eigenvalue weighted by atomic mass is 35.5. The second-order valence-corrected chi connectivity index (χ2v) is 8.29. The molecule has 4 rings (SSSR count). The van der Waals surface area contributed by atoms with Crippen LogP contribution in [-0.2, 0) is 18.2 Å². The molecule has 1 amide bonds. The van der Waals surface area contributed by atoms with E-state index in [2.05, 4.69) is 31.5 Å². The number of halogens is 2. The first kappa shape index (κ1) is 20.3. The van der Waals surface area contributed by atoms with Gasteiger partial charge in [0.05, 0.1) is 34.8 Å². The van der Waals surface area contributed by atoms with Crippen LogP contribution in [0.4, 0.5) is 0 Å². The zero-order chi connectivity index (χ0) is 20.7. The molecule has 0 saturated carbocycles. The van der Waals surface area contributed by atoms with Crippen LogP contribution in [-0.4, -0.2) is 54.5 Å². The van der Waals surface area contributed by atoms with E-state index < -0.39 is 0 Å². The zero-order valence-corrected chi connectivity index (χ0v) is 18.3. The summed E-state index contributed by atoms with van der Waals surface area (Å²) in [5, 5.41) is 0.933. The fraction of sp³-hybridized carbons (Fsp3) is 0.333. The van der Waals surface area contributed by atoms with Gasteiger partial charge in [-0.15, -0.1) is 0 Å². The number of carbonyl (C=O) groups is 1. The van der Waals surface area contributed by atoms with E-state index in [9.17, 15) is 4.79 Å². The molecule has 0 aliphatic carbocycles. The molecule has 3 aromatic rings. The minimum absolute atomic E-state index is 0.0901. The first-order chi connectivity index (χ1) is 13.9. The van der Waals surface area contributed by atoms with Crippen molar-refractivity contribution in [3.8, 4) is 0 Å². The Bertz CT molecular complexity index is 1110. The monoisotopic (exact) mass is 429 g/mol. The van der Waals surface area contributed by atoms with Crippen LogP contribution in [0.2, 0.25) is 10.0 Å². The highest BCUT2D eigenvalue weighted by Crippen LogP contribution is 2.32. The molecular formula is C21H22BCl2N3O2. The van der Waals surface area contributed by atoms with Gasteiger partial charge in [0.1, 0.15) is 13.7 Å². The first-order valence-corrected chi connectivity index (χ1v) is 10.4. The second-order valence-electron chi connectivity index (χ2n) is 7.51. The minimum atomic E-state index is -0.0901. The van der Waals surface area contributed by atoms with E-state index in [1.165, 1.54) is 5.46 Å². The van der Waals surface area contributed by atoms with Crippen LogP contribution in [0.3, 0.4) is 0 Å². The highest BCUT2D eigenvalue weighted by molar-refractivity contribution is 6.38. The molecule has 1 aliphatic rings. The number of hydrogen-bond acceptors (Lipinski definition) is 3. The number of carbonyl (C=O) groups excluding carboxylic acids is 1. The minimum Gasteiger partial charge on any atom is -0.378 e. The molecule has 1 aliphatic heterocycles. The van der Waals surface area contributed by atoms with Crippen LogP contribution in [0.25, 0.3) is 11.0 Å². The normalized spacial score (nSPS) is 14.6. The van der Waals surface area contributed by atoms with E-state index in [0.29, 0.717) is 48.3 Å². The Labute approximate surface area is 181 Å². The summed E-state index contributed by atoms with van der Waals surface area (Å²) in [6.45, 7) is 4.28. The summed E-state index contributed by atoms with van der Waals surface area (Å²) < 4.78 is 7.41. The average molecular weight is 430 g/mol. The van der Waals surface area contributed by atoms with E-state index in [1.807, 2.05) is 7.05 Å². The van der Waals surface area contributed by atoms with Gasteiger partial charge in [-0.25, -0.2) is 4.98 Å². The maximum atomic E-state index is 12.9. The summed E-state index contributed by atoms with van der Waals surface area (Å²) in [6, 6.07) is 7.70. The third-order valence-electron chi connectivity index (χ3n) is 5.46. The number of morpholine rings is 1. The number of hydrogen-bond donors (Lipinski definition) is 0. The Morgan fingerprint density at radius 2 is 1.97 bits per heavy atom. The largest absolute Gasteiger partial charge is 0.378 e. The lowest BCUT2D eigenvalue weighted by molar-refractivity contribution is 0.0303. The molecule has 0 unspecified atom stereocenters. The molecular weight excluding hydrogens is 408 g/mol. The molecule has 2 aromatic carbocycles. The summed E-state index contributed by atoms with van der Waals surface area (Å²) in [5.41, 5.74) is 5.57. The number of amides is 1. The van der Waals surface area contributed by atoms with Crippen molar-refractivity contribution in [2.75, 3.05) is 26.3 Å². The van der Waals surface area contributed by atoms with Gasteiger partial charge in [-0.3, -0.25) is 4.79 Å².